The zero-order valence-corrected chi connectivity index (χ0v) is 25.3. The van der Waals surface area contributed by atoms with E-state index in [1.54, 1.807) is 24.3 Å². The van der Waals surface area contributed by atoms with E-state index in [0.29, 0.717) is 43.8 Å². The molecule has 0 amide bonds. The fraction of sp³-hybridized carbons (Fsp3) is 0.250. The number of thiocarbonyl (C=S) groups is 1. The Balaban J connectivity index is 1.37. The average Bonchev–Trinajstić information content (AvgIpc) is 2.98. The highest BCUT2D eigenvalue weighted by atomic mass is 32.1. The molecule has 1 saturated heterocycles. The van der Waals surface area contributed by atoms with Gasteiger partial charge in [-0.05, 0) is 91.8 Å². The van der Waals surface area contributed by atoms with Gasteiger partial charge in [0.05, 0.1) is 11.6 Å². The van der Waals surface area contributed by atoms with Crippen molar-refractivity contribution in [1.29, 1.82) is 0 Å². The quantitative estimate of drug-likeness (QED) is 0.106. The molecule has 0 atom stereocenters. The van der Waals surface area contributed by atoms with E-state index in [-0.39, 0.29) is 22.8 Å². The number of guanidine groups is 1. The maximum atomic E-state index is 13.8. The lowest BCUT2D eigenvalue weighted by molar-refractivity contribution is -0.137. The van der Waals surface area contributed by atoms with Crippen LogP contribution in [-0.4, -0.2) is 57.0 Å². The number of benzene rings is 3. The molecule has 45 heavy (non-hydrogen) atoms. The molecule has 7 nitrogen and oxygen atoms in total. The molecule has 234 valence electrons. The van der Waals surface area contributed by atoms with Crippen molar-refractivity contribution >= 4 is 34.9 Å². The maximum absolute atomic E-state index is 13.8. The maximum Gasteiger partial charge on any atom is 0.416 e. The zero-order valence-electron chi connectivity index (χ0n) is 24.4. The lowest BCUT2D eigenvalue weighted by Crippen LogP contribution is -2.52. The Hall–Kier alpha value is -4.49. The summed E-state index contributed by atoms with van der Waals surface area (Å²) < 4.78 is 66.5. The van der Waals surface area contributed by atoms with E-state index >= 15 is 0 Å². The third-order valence-electron chi connectivity index (χ3n) is 7.23. The van der Waals surface area contributed by atoms with Crippen molar-refractivity contribution < 1.29 is 22.0 Å². The molecule has 2 N–H and O–H groups in total. The van der Waals surface area contributed by atoms with Gasteiger partial charge >= 0.3 is 6.18 Å². The predicted octanol–water partition coefficient (Wildman–Crippen LogP) is 6.96. The Kier molecular flexibility index (Phi) is 9.68. The number of nitrogens with one attached hydrogen (secondary N) is 2. The van der Waals surface area contributed by atoms with Crippen LogP contribution in [-0.2, 0) is 6.18 Å². The molecule has 3 aromatic carbocycles. The molecular formula is C32H30F5N7S. The molecule has 13 heteroatoms. The van der Waals surface area contributed by atoms with Gasteiger partial charge in [-0.15, -0.1) is 0 Å². The summed E-state index contributed by atoms with van der Waals surface area (Å²) in [6.45, 7) is 5.81. The summed E-state index contributed by atoms with van der Waals surface area (Å²) in [7, 11) is 0. The number of hydrogen-bond donors (Lipinski definition) is 2. The van der Waals surface area contributed by atoms with Crippen molar-refractivity contribution in [3.8, 4) is 0 Å². The van der Waals surface area contributed by atoms with Crippen molar-refractivity contribution in [1.82, 2.24) is 19.8 Å². The summed E-state index contributed by atoms with van der Waals surface area (Å²) in [5, 5.41) is 6.07. The predicted molar refractivity (Wildman–Crippen MR) is 168 cm³/mol. The van der Waals surface area contributed by atoms with Crippen molar-refractivity contribution in [2.24, 2.45) is 4.99 Å². The van der Waals surface area contributed by atoms with Gasteiger partial charge in [0.2, 0.25) is 17.0 Å². The van der Waals surface area contributed by atoms with Crippen LogP contribution < -0.4 is 10.6 Å². The normalized spacial score (nSPS) is 14.5. The lowest BCUT2D eigenvalue weighted by atomic mass is 9.96. The Morgan fingerprint density at radius 2 is 1.29 bits per heavy atom. The van der Waals surface area contributed by atoms with Crippen molar-refractivity contribution in [3.05, 3.63) is 119 Å². The fourth-order valence-electron chi connectivity index (χ4n) is 5.15. The molecule has 0 bridgehead atoms. The minimum atomic E-state index is -4.45. The first-order valence-electron chi connectivity index (χ1n) is 14.1. The first-order chi connectivity index (χ1) is 21.4. The van der Waals surface area contributed by atoms with E-state index < -0.39 is 11.7 Å². The number of anilines is 2. The lowest BCUT2D eigenvalue weighted by Gasteiger charge is -2.40. The van der Waals surface area contributed by atoms with Crippen molar-refractivity contribution in [3.63, 3.8) is 0 Å². The summed E-state index contributed by atoms with van der Waals surface area (Å²) in [6.07, 6.45) is -4.45. The summed E-state index contributed by atoms with van der Waals surface area (Å²) in [5.74, 6) is -0.00338. The molecule has 1 aliphatic rings. The van der Waals surface area contributed by atoms with Gasteiger partial charge in [-0.3, -0.25) is 10.2 Å². The van der Waals surface area contributed by atoms with Gasteiger partial charge in [0.25, 0.3) is 0 Å². The van der Waals surface area contributed by atoms with Crippen LogP contribution in [0.1, 0.15) is 34.1 Å². The van der Waals surface area contributed by atoms with E-state index in [0.717, 1.165) is 34.6 Å². The number of nitrogens with zero attached hydrogens (tertiary/aromatic N) is 5. The summed E-state index contributed by atoms with van der Waals surface area (Å²) in [6, 6.07) is 18.6. The number of rotatable bonds is 5. The van der Waals surface area contributed by atoms with E-state index in [2.05, 4.69) is 30.5 Å². The largest absolute Gasteiger partial charge is 0.416 e. The molecule has 0 radical (unpaired) electrons. The van der Waals surface area contributed by atoms with Crippen LogP contribution >= 0.6 is 12.2 Å². The van der Waals surface area contributed by atoms with Gasteiger partial charge in [-0.1, -0.05) is 24.3 Å². The zero-order chi connectivity index (χ0) is 32.1. The second-order valence-corrected chi connectivity index (χ2v) is 11.0. The molecule has 1 aromatic heterocycles. The third kappa shape index (κ3) is 8.37. The number of aromatic nitrogens is 2. The van der Waals surface area contributed by atoms with Crippen LogP contribution in [0, 0.1) is 25.5 Å². The van der Waals surface area contributed by atoms with Crippen LogP contribution in [0.25, 0.3) is 0 Å². The molecule has 1 fully saturated rings. The van der Waals surface area contributed by atoms with Crippen molar-refractivity contribution in [2.45, 2.75) is 26.1 Å². The Labute approximate surface area is 262 Å². The van der Waals surface area contributed by atoms with E-state index in [4.69, 9.17) is 12.2 Å². The monoisotopic (exact) mass is 639 g/mol. The summed E-state index contributed by atoms with van der Waals surface area (Å²) in [5.41, 5.74) is 2.82. The topological polar surface area (TPSA) is 68.7 Å². The first-order valence-corrected chi connectivity index (χ1v) is 14.5. The smallest absolute Gasteiger partial charge is 0.340 e. The van der Waals surface area contributed by atoms with Gasteiger partial charge in [0.15, 0.2) is 0 Å². The second kappa shape index (κ2) is 13.7. The molecule has 0 spiro atoms. The van der Waals surface area contributed by atoms with E-state index in [9.17, 15) is 22.0 Å². The number of aliphatic imine (C=N–C) groups is 1. The molecule has 0 unspecified atom stereocenters. The highest BCUT2D eigenvalue weighted by molar-refractivity contribution is 7.80. The number of hydrogen-bond acceptors (Lipinski definition) is 4. The standard InChI is InChI=1S/C32H30F5N7S/c1-20-19-21(2)39-29(38-20)41-30(42-31(45)40-27-13-7-24(8-14-27)32(35,36)37)44-17-15-43(16-18-44)28(22-3-9-25(33)10-4-22)23-5-11-26(34)12-6-23/h3-14,19,28H,15-18H2,1-2H3,(H2,38,39,40,41,42,45). The minimum absolute atomic E-state index is 0.0274. The van der Waals surface area contributed by atoms with Gasteiger partial charge in [-0.2, -0.15) is 18.2 Å². The molecule has 4 aromatic rings. The molecule has 5 rings (SSSR count). The van der Waals surface area contributed by atoms with Gasteiger partial charge in [0.1, 0.15) is 11.6 Å². The van der Waals surface area contributed by atoms with E-state index in [1.165, 1.54) is 36.4 Å². The number of halogens is 5. The second-order valence-electron chi connectivity index (χ2n) is 10.6. The fourth-order valence-corrected chi connectivity index (χ4v) is 5.35. The Morgan fingerprint density at radius 1 is 0.778 bits per heavy atom. The van der Waals surface area contributed by atoms with E-state index in [1.807, 2.05) is 24.8 Å². The Morgan fingerprint density at radius 3 is 1.78 bits per heavy atom. The summed E-state index contributed by atoms with van der Waals surface area (Å²) >= 11 is 5.47. The van der Waals surface area contributed by atoms with Gasteiger partial charge < -0.3 is 10.2 Å². The van der Waals surface area contributed by atoms with Crippen LogP contribution in [0.15, 0.2) is 83.9 Å². The molecule has 1 aliphatic heterocycles. The summed E-state index contributed by atoms with van der Waals surface area (Å²) in [4.78, 5) is 17.7. The average molecular weight is 640 g/mol. The highest BCUT2D eigenvalue weighted by Crippen LogP contribution is 2.31. The number of alkyl halides is 3. The van der Waals surface area contributed by atoms with Crippen molar-refractivity contribution in [2.75, 3.05) is 36.8 Å². The number of aryl methyl sites for hydroxylation is 2. The van der Waals surface area contributed by atoms with Gasteiger partial charge in [0, 0.05) is 43.3 Å². The van der Waals surface area contributed by atoms with Crippen LogP contribution in [0.4, 0.5) is 33.6 Å². The van der Waals surface area contributed by atoms with Gasteiger partial charge in [-0.25, -0.2) is 18.7 Å². The highest BCUT2D eigenvalue weighted by Gasteiger charge is 2.30. The number of piperazine rings is 1. The molecule has 0 aliphatic carbocycles. The van der Waals surface area contributed by atoms with Crippen LogP contribution in [0.3, 0.4) is 0 Å². The van der Waals surface area contributed by atoms with Crippen LogP contribution in [0.2, 0.25) is 0 Å². The van der Waals surface area contributed by atoms with Crippen LogP contribution in [0.5, 0.6) is 0 Å². The molecule has 2 heterocycles. The molecular weight excluding hydrogens is 609 g/mol. The molecule has 0 saturated carbocycles. The first kappa shape index (κ1) is 31.9. The SMILES string of the molecule is Cc1cc(C)nc(N/C(=N/C(=S)Nc2ccc(C(F)(F)F)cc2)N2CCN(C(c3ccc(F)cc3)c3ccc(F)cc3)CC2)n1. The Bertz CT molecular complexity index is 1590. The minimum Gasteiger partial charge on any atom is -0.340 e. The third-order valence-corrected chi connectivity index (χ3v) is 7.42.